The highest BCUT2D eigenvalue weighted by molar-refractivity contribution is 6.30. The largest absolute Gasteiger partial charge is 0.494 e. The lowest BCUT2D eigenvalue weighted by Crippen LogP contribution is -1.95. The number of nitrogens with zero attached hydrogens (tertiary/aromatic N) is 4. The van der Waals surface area contributed by atoms with Gasteiger partial charge in [-0.15, -0.1) is 0 Å². The Labute approximate surface area is 193 Å². The molecule has 6 rings (SSSR count). The monoisotopic (exact) mass is 446 g/mol. The molecular formula is C26H27ClN4O. The summed E-state index contributed by atoms with van der Waals surface area (Å²) in [4.78, 5) is 8.89. The van der Waals surface area contributed by atoms with Crippen LogP contribution in [0.1, 0.15) is 31.4 Å². The van der Waals surface area contributed by atoms with E-state index in [9.17, 15) is 0 Å². The Bertz CT molecular complexity index is 1190. The molecule has 2 aromatic heterocycles. The number of benzene rings is 2. The summed E-state index contributed by atoms with van der Waals surface area (Å²) in [6, 6.07) is 16.2. The van der Waals surface area contributed by atoms with E-state index in [4.69, 9.17) is 16.3 Å². The van der Waals surface area contributed by atoms with Crippen molar-refractivity contribution in [3.05, 3.63) is 77.6 Å². The van der Waals surface area contributed by atoms with Gasteiger partial charge in [0.1, 0.15) is 17.4 Å². The SMILES string of the molecule is CCOc1ccc(-c2cnc3n2CCC3)cc1.Clc1ccc(-c2cnc3n2CCC3)cc1. The number of aromatic nitrogens is 4. The van der Waals surface area contributed by atoms with E-state index in [2.05, 4.69) is 31.2 Å². The molecule has 0 amide bonds. The first-order chi connectivity index (χ1) is 15.7. The fourth-order valence-electron chi connectivity index (χ4n) is 4.49. The van der Waals surface area contributed by atoms with Crippen LogP contribution >= 0.6 is 11.6 Å². The molecule has 0 atom stereocenters. The van der Waals surface area contributed by atoms with E-state index in [0.717, 1.165) is 36.7 Å². The van der Waals surface area contributed by atoms with Crippen molar-refractivity contribution >= 4 is 11.6 Å². The molecule has 0 unspecified atom stereocenters. The van der Waals surface area contributed by atoms with Gasteiger partial charge in [0.05, 0.1) is 30.4 Å². The fourth-order valence-corrected chi connectivity index (χ4v) is 4.61. The van der Waals surface area contributed by atoms with E-state index in [1.165, 1.54) is 47.0 Å². The van der Waals surface area contributed by atoms with Crippen LogP contribution in [0.15, 0.2) is 60.9 Å². The summed E-state index contributed by atoms with van der Waals surface area (Å²) in [7, 11) is 0. The normalized spacial score (nSPS) is 13.9. The van der Waals surface area contributed by atoms with E-state index >= 15 is 0 Å². The Morgan fingerprint density at radius 2 is 1.28 bits per heavy atom. The lowest BCUT2D eigenvalue weighted by molar-refractivity contribution is 0.340. The van der Waals surface area contributed by atoms with E-state index in [0.29, 0.717) is 6.61 Å². The van der Waals surface area contributed by atoms with Gasteiger partial charge in [-0.05, 0) is 61.7 Å². The molecule has 0 saturated heterocycles. The lowest BCUT2D eigenvalue weighted by atomic mass is 10.1. The second-order valence-electron chi connectivity index (χ2n) is 8.09. The quantitative estimate of drug-likeness (QED) is 0.383. The third kappa shape index (κ3) is 4.17. The second kappa shape index (κ2) is 9.21. The molecule has 0 aliphatic carbocycles. The van der Waals surface area contributed by atoms with Crippen molar-refractivity contribution in [1.82, 2.24) is 19.1 Å². The molecule has 32 heavy (non-hydrogen) atoms. The molecule has 6 heteroatoms. The van der Waals surface area contributed by atoms with Crippen molar-refractivity contribution in [1.29, 1.82) is 0 Å². The number of imidazole rings is 2. The summed E-state index contributed by atoms with van der Waals surface area (Å²) in [5.41, 5.74) is 4.84. The minimum Gasteiger partial charge on any atom is -0.494 e. The molecule has 0 spiro atoms. The molecule has 0 fully saturated rings. The highest BCUT2D eigenvalue weighted by Crippen LogP contribution is 2.28. The molecule has 0 bridgehead atoms. The van der Waals surface area contributed by atoms with E-state index < -0.39 is 0 Å². The maximum absolute atomic E-state index is 5.87. The number of aryl methyl sites for hydroxylation is 2. The summed E-state index contributed by atoms with van der Waals surface area (Å²) < 4.78 is 10.1. The van der Waals surface area contributed by atoms with E-state index in [1.54, 1.807) is 0 Å². The zero-order valence-electron chi connectivity index (χ0n) is 18.3. The molecule has 2 aromatic carbocycles. The predicted molar refractivity (Wildman–Crippen MR) is 128 cm³/mol. The average molecular weight is 447 g/mol. The maximum atomic E-state index is 5.87. The van der Waals surface area contributed by atoms with Gasteiger partial charge in [0.15, 0.2) is 0 Å². The smallest absolute Gasteiger partial charge is 0.119 e. The molecule has 2 aliphatic heterocycles. The predicted octanol–water partition coefficient (Wildman–Crippen LogP) is 6.04. The van der Waals surface area contributed by atoms with Gasteiger partial charge in [-0.1, -0.05) is 23.7 Å². The third-order valence-electron chi connectivity index (χ3n) is 6.04. The minimum atomic E-state index is 0.710. The van der Waals surface area contributed by atoms with Crippen LogP contribution in [-0.2, 0) is 25.9 Å². The van der Waals surface area contributed by atoms with Gasteiger partial charge >= 0.3 is 0 Å². The fraction of sp³-hybridized carbons (Fsp3) is 0.308. The standard InChI is InChI=1S/C14H16N2O.C12H11ClN2/c1-2-17-12-7-5-11(6-8-12)13-10-15-14-4-3-9-16(13)14;13-10-5-3-9(4-6-10)11-8-14-12-2-1-7-15(11)12/h5-8,10H,2-4,9H2,1H3;3-6,8H,1-2,7H2. The van der Waals surface area contributed by atoms with Gasteiger partial charge in [-0.2, -0.15) is 0 Å². The third-order valence-corrected chi connectivity index (χ3v) is 6.29. The minimum absolute atomic E-state index is 0.710. The van der Waals surface area contributed by atoms with Crippen LogP contribution in [-0.4, -0.2) is 25.7 Å². The molecule has 4 heterocycles. The summed E-state index contributed by atoms with van der Waals surface area (Å²) in [6.45, 7) is 4.89. The molecule has 4 aromatic rings. The van der Waals surface area contributed by atoms with Crippen LogP contribution in [0.4, 0.5) is 0 Å². The van der Waals surface area contributed by atoms with Crippen LogP contribution in [0.5, 0.6) is 5.75 Å². The molecule has 5 nitrogen and oxygen atoms in total. The topological polar surface area (TPSA) is 44.9 Å². The lowest BCUT2D eigenvalue weighted by Gasteiger charge is -2.06. The summed E-state index contributed by atoms with van der Waals surface area (Å²) in [5.74, 6) is 3.35. The first-order valence-electron chi connectivity index (χ1n) is 11.3. The van der Waals surface area contributed by atoms with E-state index in [1.807, 2.05) is 55.7 Å². The molecule has 2 aliphatic rings. The van der Waals surface area contributed by atoms with Crippen LogP contribution in [0, 0.1) is 0 Å². The van der Waals surface area contributed by atoms with Crippen LogP contribution < -0.4 is 4.74 Å². The Kier molecular flexibility index (Phi) is 5.99. The number of hydrogen-bond donors (Lipinski definition) is 0. The van der Waals surface area contributed by atoms with Crippen molar-refractivity contribution in [3.8, 4) is 28.3 Å². The molecule has 0 N–H and O–H groups in total. The molecule has 164 valence electrons. The second-order valence-corrected chi connectivity index (χ2v) is 8.53. The van der Waals surface area contributed by atoms with Crippen molar-refractivity contribution in [2.75, 3.05) is 6.61 Å². The highest BCUT2D eigenvalue weighted by Gasteiger charge is 2.17. The van der Waals surface area contributed by atoms with E-state index in [-0.39, 0.29) is 0 Å². The van der Waals surface area contributed by atoms with Crippen molar-refractivity contribution < 1.29 is 4.74 Å². The summed E-state index contributed by atoms with van der Waals surface area (Å²) in [5, 5.41) is 0.778. The average Bonchev–Trinajstić information content (AvgIpc) is 3.58. The van der Waals surface area contributed by atoms with Crippen LogP contribution in [0.2, 0.25) is 5.02 Å². The van der Waals surface area contributed by atoms with Gasteiger partial charge in [-0.25, -0.2) is 9.97 Å². The number of halogens is 1. The molecule has 0 saturated carbocycles. The van der Waals surface area contributed by atoms with Crippen molar-refractivity contribution in [2.24, 2.45) is 0 Å². The number of rotatable bonds is 4. The van der Waals surface area contributed by atoms with Crippen molar-refractivity contribution in [3.63, 3.8) is 0 Å². The Hall–Kier alpha value is -3.05. The first-order valence-corrected chi connectivity index (χ1v) is 11.7. The highest BCUT2D eigenvalue weighted by atomic mass is 35.5. The zero-order chi connectivity index (χ0) is 21.9. The van der Waals surface area contributed by atoms with Crippen LogP contribution in [0.25, 0.3) is 22.5 Å². The Balaban J connectivity index is 0.000000136. The van der Waals surface area contributed by atoms with Gasteiger partial charge in [0, 0.05) is 36.5 Å². The summed E-state index contributed by atoms with van der Waals surface area (Å²) >= 11 is 5.87. The van der Waals surface area contributed by atoms with Gasteiger partial charge in [0.25, 0.3) is 0 Å². The van der Waals surface area contributed by atoms with Crippen LogP contribution in [0.3, 0.4) is 0 Å². The number of hydrogen-bond acceptors (Lipinski definition) is 3. The zero-order valence-corrected chi connectivity index (χ0v) is 19.1. The Morgan fingerprint density at radius 1 is 0.781 bits per heavy atom. The van der Waals surface area contributed by atoms with Gasteiger partial charge in [-0.3, -0.25) is 0 Å². The van der Waals surface area contributed by atoms with Gasteiger partial charge < -0.3 is 13.9 Å². The first kappa shape index (κ1) is 20.8. The number of ether oxygens (including phenoxy) is 1. The maximum Gasteiger partial charge on any atom is 0.119 e. The van der Waals surface area contributed by atoms with Crippen molar-refractivity contribution in [2.45, 2.75) is 45.7 Å². The van der Waals surface area contributed by atoms with Gasteiger partial charge in [0.2, 0.25) is 0 Å². The Morgan fingerprint density at radius 3 is 1.78 bits per heavy atom. The molecule has 0 radical (unpaired) electrons. The number of fused-ring (bicyclic) bond motifs is 2. The molecular weight excluding hydrogens is 420 g/mol. The summed E-state index contributed by atoms with van der Waals surface area (Å²) in [6.07, 6.45) is 8.57.